The van der Waals surface area contributed by atoms with E-state index in [0.717, 1.165) is 25.5 Å². The summed E-state index contributed by atoms with van der Waals surface area (Å²) in [7, 11) is 0. The topological polar surface area (TPSA) is 20.2 Å². The van der Waals surface area contributed by atoms with Gasteiger partial charge in [-0.15, -0.1) is 0 Å². The van der Waals surface area contributed by atoms with Crippen LogP contribution in [0.2, 0.25) is 10.0 Å². The molecule has 0 amide bonds. The Hall–Kier alpha value is -0.810. The number of benzene rings is 3. The van der Waals surface area contributed by atoms with Crippen molar-refractivity contribution in [3.8, 4) is 0 Å². The molecule has 0 spiro atoms. The van der Waals surface area contributed by atoms with Crippen molar-refractivity contribution in [3.63, 3.8) is 0 Å². The molecule has 0 aliphatic rings. The fourth-order valence-corrected chi connectivity index (χ4v) is 3.14. The molecule has 1 unspecified atom stereocenters. The van der Waals surface area contributed by atoms with Gasteiger partial charge in [-0.3, -0.25) is 0 Å². The highest BCUT2D eigenvalue weighted by molar-refractivity contribution is 14.1. The maximum atomic E-state index is 10.7. The van der Waals surface area contributed by atoms with Crippen LogP contribution < -0.4 is 0 Å². The molecule has 0 saturated carbocycles. The highest BCUT2D eigenvalue weighted by Crippen LogP contribution is 2.34. The van der Waals surface area contributed by atoms with E-state index in [4.69, 9.17) is 23.2 Å². The summed E-state index contributed by atoms with van der Waals surface area (Å²) in [5.41, 5.74) is 1.60. The SMILES string of the molecule is OC(c1ccc(I)c(Cl)c1)c1ccc(Cl)c2ccccc12. The molecule has 3 aromatic carbocycles. The van der Waals surface area contributed by atoms with Crippen molar-refractivity contribution in [3.05, 3.63) is 79.3 Å². The second-order valence-electron chi connectivity index (χ2n) is 4.76. The highest BCUT2D eigenvalue weighted by Gasteiger charge is 2.15. The van der Waals surface area contributed by atoms with Gasteiger partial charge in [0.05, 0.1) is 5.02 Å². The minimum absolute atomic E-state index is 0.644. The number of hydrogen-bond donors (Lipinski definition) is 1. The zero-order valence-electron chi connectivity index (χ0n) is 10.9. The Bertz CT molecular complexity index is 817. The molecular weight excluding hydrogens is 418 g/mol. The first kappa shape index (κ1) is 15.1. The van der Waals surface area contributed by atoms with Gasteiger partial charge in [0.15, 0.2) is 0 Å². The Morgan fingerprint density at radius 3 is 2.29 bits per heavy atom. The van der Waals surface area contributed by atoms with Gasteiger partial charge in [-0.05, 0) is 57.3 Å². The monoisotopic (exact) mass is 428 g/mol. The number of halogens is 3. The molecule has 0 bridgehead atoms. The van der Waals surface area contributed by atoms with Gasteiger partial charge in [0, 0.05) is 14.0 Å². The molecule has 0 aromatic heterocycles. The van der Waals surface area contributed by atoms with Crippen molar-refractivity contribution in [1.82, 2.24) is 0 Å². The number of fused-ring (bicyclic) bond motifs is 1. The predicted molar refractivity (Wildman–Crippen MR) is 97.2 cm³/mol. The molecule has 21 heavy (non-hydrogen) atoms. The van der Waals surface area contributed by atoms with Crippen LogP contribution in [0.15, 0.2) is 54.6 Å². The summed E-state index contributed by atoms with van der Waals surface area (Å²) in [6.07, 6.45) is -0.735. The lowest BCUT2D eigenvalue weighted by Crippen LogP contribution is -2.01. The summed E-state index contributed by atoms with van der Waals surface area (Å²) in [6.45, 7) is 0. The van der Waals surface area contributed by atoms with Crippen LogP contribution in [0.25, 0.3) is 10.8 Å². The molecule has 106 valence electrons. The molecule has 0 saturated heterocycles. The molecule has 3 aromatic rings. The minimum atomic E-state index is -0.735. The molecule has 0 radical (unpaired) electrons. The van der Waals surface area contributed by atoms with E-state index in [1.54, 1.807) is 6.07 Å². The lowest BCUT2D eigenvalue weighted by atomic mass is 9.96. The van der Waals surface area contributed by atoms with Crippen LogP contribution in [-0.4, -0.2) is 5.11 Å². The molecule has 1 atom stereocenters. The van der Waals surface area contributed by atoms with Crippen LogP contribution in [0.3, 0.4) is 0 Å². The smallest absolute Gasteiger partial charge is 0.105 e. The first-order valence-electron chi connectivity index (χ1n) is 6.38. The molecular formula is C17H11Cl2IO. The lowest BCUT2D eigenvalue weighted by Gasteiger charge is -2.15. The standard InChI is InChI=1S/C17H11Cl2IO/c18-14-7-6-13(11-3-1-2-4-12(11)14)17(21)10-5-8-16(20)15(19)9-10/h1-9,17,21H. The fourth-order valence-electron chi connectivity index (χ4n) is 2.39. The van der Waals surface area contributed by atoms with Crippen LogP contribution in [0.4, 0.5) is 0 Å². The van der Waals surface area contributed by atoms with Gasteiger partial charge >= 0.3 is 0 Å². The van der Waals surface area contributed by atoms with Crippen LogP contribution in [-0.2, 0) is 0 Å². The van der Waals surface area contributed by atoms with E-state index < -0.39 is 6.10 Å². The van der Waals surface area contributed by atoms with E-state index in [9.17, 15) is 5.11 Å². The number of rotatable bonds is 2. The first-order chi connectivity index (χ1) is 10.1. The van der Waals surface area contributed by atoms with Crippen molar-refractivity contribution in [1.29, 1.82) is 0 Å². The Kier molecular flexibility index (Phi) is 4.41. The molecule has 0 heterocycles. The number of hydrogen-bond acceptors (Lipinski definition) is 1. The largest absolute Gasteiger partial charge is 0.384 e. The second kappa shape index (κ2) is 6.13. The van der Waals surface area contributed by atoms with Gasteiger partial charge in [-0.1, -0.05) is 59.6 Å². The third kappa shape index (κ3) is 2.90. The predicted octanol–water partition coefficient (Wildman–Crippen LogP) is 5.83. The summed E-state index contributed by atoms with van der Waals surface area (Å²) in [5.74, 6) is 0. The maximum absolute atomic E-state index is 10.7. The molecule has 1 N–H and O–H groups in total. The average molecular weight is 429 g/mol. The normalized spacial score (nSPS) is 12.6. The quantitative estimate of drug-likeness (QED) is 0.509. The molecule has 0 fully saturated rings. The van der Waals surface area contributed by atoms with E-state index in [0.29, 0.717) is 10.0 Å². The summed E-state index contributed by atoms with van der Waals surface area (Å²) >= 11 is 14.5. The molecule has 1 nitrogen and oxygen atoms in total. The molecule has 0 aliphatic carbocycles. The molecule has 3 rings (SSSR count). The summed E-state index contributed by atoms with van der Waals surface area (Å²) in [6, 6.07) is 17.1. The Balaban J connectivity index is 2.15. The first-order valence-corrected chi connectivity index (χ1v) is 8.21. The Morgan fingerprint density at radius 1 is 0.857 bits per heavy atom. The fraction of sp³-hybridized carbons (Fsp3) is 0.0588. The van der Waals surface area contributed by atoms with Crippen molar-refractivity contribution < 1.29 is 5.11 Å². The van der Waals surface area contributed by atoms with Crippen LogP contribution in [0, 0.1) is 3.57 Å². The summed E-state index contributed by atoms with van der Waals surface area (Å²) < 4.78 is 0.964. The van der Waals surface area contributed by atoms with E-state index in [2.05, 4.69) is 22.6 Å². The van der Waals surface area contributed by atoms with E-state index in [-0.39, 0.29) is 0 Å². The second-order valence-corrected chi connectivity index (χ2v) is 6.73. The lowest BCUT2D eigenvalue weighted by molar-refractivity contribution is 0.222. The zero-order chi connectivity index (χ0) is 15.0. The minimum Gasteiger partial charge on any atom is -0.384 e. The van der Waals surface area contributed by atoms with Crippen molar-refractivity contribution >= 4 is 56.6 Å². The third-order valence-electron chi connectivity index (χ3n) is 3.46. The number of aliphatic hydroxyl groups excluding tert-OH is 1. The Labute approximate surface area is 146 Å². The van der Waals surface area contributed by atoms with Gasteiger partial charge in [0.25, 0.3) is 0 Å². The third-order valence-corrected chi connectivity index (χ3v) is 5.36. The summed E-state index contributed by atoms with van der Waals surface area (Å²) in [4.78, 5) is 0. The van der Waals surface area contributed by atoms with Crippen LogP contribution >= 0.6 is 45.8 Å². The number of aliphatic hydroxyl groups is 1. The van der Waals surface area contributed by atoms with Gasteiger partial charge in [-0.25, -0.2) is 0 Å². The van der Waals surface area contributed by atoms with Gasteiger partial charge < -0.3 is 5.11 Å². The van der Waals surface area contributed by atoms with Crippen LogP contribution in [0.5, 0.6) is 0 Å². The average Bonchev–Trinajstić information content (AvgIpc) is 2.50. The van der Waals surface area contributed by atoms with Gasteiger partial charge in [0.2, 0.25) is 0 Å². The molecule has 4 heteroatoms. The summed E-state index contributed by atoms with van der Waals surface area (Å²) in [5, 5.41) is 13.9. The highest BCUT2D eigenvalue weighted by atomic mass is 127. The van der Waals surface area contributed by atoms with Crippen molar-refractivity contribution in [2.45, 2.75) is 6.10 Å². The van der Waals surface area contributed by atoms with Gasteiger partial charge in [0.1, 0.15) is 6.10 Å². The molecule has 0 aliphatic heterocycles. The van der Waals surface area contributed by atoms with E-state index >= 15 is 0 Å². The van der Waals surface area contributed by atoms with E-state index in [1.807, 2.05) is 48.5 Å². The van der Waals surface area contributed by atoms with Gasteiger partial charge in [-0.2, -0.15) is 0 Å². The maximum Gasteiger partial charge on any atom is 0.105 e. The van der Waals surface area contributed by atoms with Crippen LogP contribution in [0.1, 0.15) is 17.2 Å². The van der Waals surface area contributed by atoms with Crippen molar-refractivity contribution in [2.24, 2.45) is 0 Å². The van der Waals surface area contributed by atoms with E-state index in [1.165, 1.54) is 0 Å². The van der Waals surface area contributed by atoms with Crippen molar-refractivity contribution in [2.75, 3.05) is 0 Å². The Morgan fingerprint density at radius 2 is 1.57 bits per heavy atom. The zero-order valence-corrected chi connectivity index (χ0v) is 14.5.